The summed E-state index contributed by atoms with van der Waals surface area (Å²) in [7, 11) is 0. The van der Waals surface area contributed by atoms with Crippen LogP contribution in [0.1, 0.15) is 31.9 Å². The summed E-state index contributed by atoms with van der Waals surface area (Å²) in [4.78, 5) is 24.2. The van der Waals surface area contributed by atoms with Crippen molar-refractivity contribution in [2.45, 2.75) is 32.7 Å². The number of rotatable bonds is 6. The molecule has 7 heteroatoms. The van der Waals surface area contributed by atoms with Gasteiger partial charge in [-0.2, -0.15) is 0 Å². The quantitative estimate of drug-likeness (QED) is 0.573. The first-order chi connectivity index (χ1) is 13.2. The first kappa shape index (κ1) is 21.0. The van der Waals surface area contributed by atoms with Crippen LogP contribution in [0, 0.1) is 10.1 Å². The van der Waals surface area contributed by atoms with Gasteiger partial charge in [0.1, 0.15) is 5.75 Å². The molecule has 0 spiro atoms. The summed E-state index contributed by atoms with van der Waals surface area (Å²) < 4.78 is 5.37. The predicted octanol–water partition coefficient (Wildman–Crippen LogP) is 4.75. The fourth-order valence-electron chi connectivity index (χ4n) is 2.45. The van der Waals surface area contributed by atoms with Gasteiger partial charge in [-0.15, -0.1) is 0 Å². The van der Waals surface area contributed by atoms with Crippen LogP contribution in [-0.4, -0.2) is 33.2 Å². The fraction of sp³-hybridized carbons (Fsp3) is 0.286. The Labute approximate surface area is 164 Å². The Morgan fingerprint density at radius 2 is 1.82 bits per heavy atom. The summed E-state index contributed by atoms with van der Waals surface area (Å²) in [5, 5.41) is 20.5. The zero-order chi connectivity index (χ0) is 20.7. The molecule has 0 fully saturated rings. The van der Waals surface area contributed by atoms with E-state index in [4.69, 9.17) is 4.74 Å². The van der Waals surface area contributed by atoms with Crippen LogP contribution in [0.2, 0.25) is 0 Å². The first-order valence-corrected chi connectivity index (χ1v) is 8.84. The van der Waals surface area contributed by atoms with Crippen molar-refractivity contribution in [2.24, 2.45) is 0 Å². The van der Waals surface area contributed by atoms with Crippen LogP contribution in [0.3, 0.4) is 0 Å². The van der Waals surface area contributed by atoms with E-state index < -0.39 is 16.6 Å². The van der Waals surface area contributed by atoms with E-state index in [-0.39, 0.29) is 18.0 Å². The highest BCUT2D eigenvalue weighted by Crippen LogP contribution is 2.21. The molecule has 0 atom stereocenters. The molecule has 1 N–H and O–H groups in total. The Kier molecular flexibility index (Phi) is 6.76. The number of amides is 1. The van der Waals surface area contributed by atoms with Gasteiger partial charge >= 0.3 is 6.09 Å². The molecule has 0 aliphatic rings. The van der Waals surface area contributed by atoms with Crippen LogP contribution in [0.4, 0.5) is 10.5 Å². The number of ether oxygens (including phenoxy) is 1. The number of nitro benzene ring substituents is 1. The number of non-ortho nitro benzene ring substituents is 1. The minimum absolute atomic E-state index is 0.0222. The monoisotopic (exact) mass is 384 g/mol. The van der Waals surface area contributed by atoms with Gasteiger partial charge in [0, 0.05) is 35.9 Å². The normalized spacial score (nSPS) is 11.4. The molecule has 148 valence electrons. The molecule has 28 heavy (non-hydrogen) atoms. The van der Waals surface area contributed by atoms with Gasteiger partial charge in [0.15, 0.2) is 0 Å². The standard InChI is InChI=1S/C21H24N2O5/c1-21(2,3)22(14-12-17-6-4-5-7-19(17)24)20(25)28-15-13-16-8-10-18(11-9-16)23(26)27/h4-12,14,24H,13,15H2,1-3H3. The van der Waals surface area contributed by atoms with Crippen molar-refractivity contribution in [3.63, 3.8) is 0 Å². The second-order valence-corrected chi connectivity index (χ2v) is 7.20. The van der Waals surface area contributed by atoms with Crippen molar-refractivity contribution in [3.8, 4) is 5.75 Å². The number of phenols is 1. The van der Waals surface area contributed by atoms with Gasteiger partial charge in [0.2, 0.25) is 0 Å². The maximum atomic E-state index is 12.5. The third-order valence-corrected chi connectivity index (χ3v) is 4.02. The second-order valence-electron chi connectivity index (χ2n) is 7.20. The third-order valence-electron chi connectivity index (χ3n) is 4.02. The lowest BCUT2D eigenvalue weighted by molar-refractivity contribution is -0.384. The van der Waals surface area contributed by atoms with Crippen LogP contribution in [0.15, 0.2) is 54.7 Å². The summed E-state index contributed by atoms with van der Waals surface area (Å²) in [6.07, 6.45) is 3.17. The Morgan fingerprint density at radius 1 is 1.18 bits per heavy atom. The Bertz CT molecular complexity index is 854. The van der Waals surface area contributed by atoms with Gasteiger partial charge in [0.25, 0.3) is 5.69 Å². The molecule has 0 aliphatic heterocycles. The molecule has 0 unspecified atom stereocenters. The molecular formula is C21H24N2O5. The number of para-hydroxylation sites is 1. The van der Waals surface area contributed by atoms with Crippen molar-refractivity contribution >= 4 is 17.9 Å². The number of hydrogen-bond acceptors (Lipinski definition) is 5. The molecule has 0 bridgehead atoms. The van der Waals surface area contributed by atoms with Gasteiger partial charge in [-0.25, -0.2) is 4.79 Å². The molecule has 0 aliphatic carbocycles. The van der Waals surface area contributed by atoms with Crippen molar-refractivity contribution in [3.05, 3.63) is 76.0 Å². The molecular weight excluding hydrogens is 360 g/mol. The highest BCUT2D eigenvalue weighted by atomic mass is 16.6. The molecule has 7 nitrogen and oxygen atoms in total. The van der Waals surface area contributed by atoms with Gasteiger partial charge in [-0.3, -0.25) is 15.0 Å². The van der Waals surface area contributed by atoms with Crippen LogP contribution in [0.5, 0.6) is 5.75 Å². The number of aromatic hydroxyl groups is 1. The van der Waals surface area contributed by atoms with Crippen LogP contribution in [-0.2, 0) is 11.2 Å². The maximum Gasteiger partial charge on any atom is 0.414 e. The highest BCUT2D eigenvalue weighted by molar-refractivity contribution is 5.71. The van der Waals surface area contributed by atoms with E-state index in [0.717, 1.165) is 5.56 Å². The lowest BCUT2D eigenvalue weighted by Gasteiger charge is -2.31. The summed E-state index contributed by atoms with van der Waals surface area (Å²) in [6, 6.07) is 13.0. The lowest BCUT2D eigenvalue weighted by Crippen LogP contribution is -2.42. The van der Waals surface area contributed by atoms with Gasteiger partial charge in [-0.05, 0) is 38.5 Å². The number of carbonyl (C=O) groups excluding carboxylic acids is 1. The molecule has 1 amide bonds. The van der Waals surface area contributed by atoms with Gasteiger partial charge in [-0.1, -0.05) is 30.3 Å². The van der Waals surface area contributed by atoms with Crippen molar-refractivity contribution in [1.29, 1.82) is 0 Å². The summed E-state index contributed by atoms with van der Waals surface area (Å²) in [6.45, 7) is 5.77. The third kappa shape index (κ3) is 5.84. The van der Waals surface area contributed by atoms with Crippen molar-refractivity contribution in [1.82, 2.24) is 4.90 Å². The van der Waals surface area contributed by atoms with E-state index >= 15 is 0 Å². The van der Waals surface area contributed by atoms with E-state index in [1.54, 1.807) is 48.7 Å². The van der Waals surface area contributed by atoms with E-state index in [9.17, 15) is 20.0 Å². The average Bonchev–Trinajstić information content (AvgIpc) is 2.62. The molecule has 0 saturated heterocycles. The van der Waals surface area contributed by atoms with E-state index in [2.05, 4.69) is 0 Å². The first-order valence-electron chi connectivity index (χ1n) is 8.84. The van der Waals surface area contributed by atoms with Crippen molar-refractivity contribution < 1.29 is 19.6 Å². The summed E-state index contributed by atoms with van der Waals surface area (Å²) >= 11 is 0. The van der Waals surface area contributed by atoms with E-state index in [1.807, 2.05) is 20.8 Å². The predicted molar refractivity (Wildman–Crippen MR) is 107 cm³/mol. The summed E-state index contributed by atoms with van der Waals surface area (Å²) in [5.41, 5.74) is 0.931. The number of benzene rings is 2. The Morgan fingerprint density at radius 3 is 2.39 bits per heavy atom. The number of carbonyl (C=O) groups is 1. The Balaban J connectivity index is 1.99. The molecule has 0 radical (unpaired) electrons. The molecule has 0 heterocycles. The summed E-state index contributed by atoms with van der Waals surface area (Å²) in [5.74, 6) is 0.124. The van der Waals surface area contributed by atoms with Gasteiger partial charge in [0.05, 0.1) is 11.5 Å². The number of nitrogens with zero attached hydrogens (tertiary/aromatic N) is 2. The van der Waals surface area contributed by atoms with E-state index in [0.29, 0.717) is 12.0 Å². The zero-order valence-electron chi connectivity index (χ0n) is 16.2. The zero-order valence-corrected chi connectivity index (χ0v) is 16.2. The number of hydrogen-bond donors (Lipinski definition) is 1. The average molecular weight is 384 g/mol. The number of phenolic OH excluding ortho intramolecular Hbond substituents is 1. The molecule has 2 aromatic carbocycles. The largest absolute Gasteiger partial charge is 0.507 e. The molecule has 0 aromatic heterocycles. The van der Waals surface area contributed by atoms with Crippen LogP contribution in [0.25, 0.3) is 6.08 Å². The minimum atomic E-state index is -0.522. The second kappa shape index (κ2) is 9.03. The highest BCUT2D eigenvalue weighted by Gasteiger charge is 2.25. The maximum absolute atomic E-state index is 12.5. The van der Waals surface area contributed by atoms with E-state index in [1.165, 1.54) is 17.0 Å². The van der Waals surface area contributed by atoms with Gasteiger partial charge < -0.3 is 9.84 Å². The minimum Gasteiger partial charge on any atom is -0.507 e. The number of nitro groups is 1. The fourth-order valence-corrected chi connectivity index (χ4v) is 2.45. The lowest BCUT2D eigenvalue weighted by atomic mass is 10.1. The van der Waals surface area contributed by atoms with Crippen LogP contribution < -0.4 is 0 Å². The SMILES string of the molecule is CC(C)(C)N(C=Cc1ccccc1O)C(=O)OCCc1ccc([N+](=O)[O-])cc1. The molecule has 2 rings (SSSR count). The van der Waals surface area contributed by atoms with Crippen LogP contribution >= 0.6 is 0 Å². The van der Waals surface area contributed by atoms with Crippen molar-refractivity contribution in [2.75, 3.05) is 6.61 Å². The smallest absolute Gasteiger partial charge is 0.414 e. The molecule has 0 saturated carbocycles. The topological polar surface area (TPSA) is 92.9 Å². The molecule has 2 aromatic rings. The Hall–Kier alpha value is -3.35.